The van der Waals surface area contributed by atoms with Crippen molar-refractivity contribution >= 4 is 40.6 Å². The zero-order valence-corrected chi connectivity index (χ0v) is 13.1. The number of halogens is 1. The maximum absolute atomic E-state index is 12.6. The van der Waals surface area contributed by atoms with E-state index in [1.807, 2.05) is 42.5 Å². The fraction of sp³-hybridized carbons (Fsp3) is 0.188. The summed E-state index contributed by atoms with van der Waals surface area (Å²) in [5.41, 5.74) is 5.62. The van der Waals surface area contributed by atoms with Crippen LogP contribution in [0.3, 0.4) is 0 Å². The summed E-state index contributed by atoms with van der Waals surface area (Å²) in [6.45, 7) is 0.762. The maximum Gasteiger partial charge on any atom is 0.231 e. The first kappa shape index (κ1) is 14.4. The van der Waals surface area contributed by atoms with Gasteiger partial charge in [-0.25, -0.2) is 0 Å². The first-order valence-corrected chi connectivity index (χ1v) is 8.09. The van der Waals surface area contributed by atoms with Crippen LogP contribution in [0.4, 0.5) is 11.4 Å². The van der Waals surface area contributed by atoms with Gasteiger partial charge in [-0.1, -0.05) is 35.5 Å². The number of amides is 1. The van der Waals surface area contributed by atoms with E-state index in [0.29, 0.717) is 11.4 Å². The Labute approximate surface area is 133 Å². The molecule has 1 aliphatic heterocycles. The monoisotopic (exact) mass is 319 g/mol. The van der Waals surface area contributed by atoms with E-state index in [-0.39, 0.29) is 5.91 Å². The maximum atomic E-state index is 12.6. The molecule has 1 aliphatic rings. The van der Waals surface area contributed by atoms with Crippen LogP contribution in [-0.2, 0) is 4.79 Å². The Kier molecular flexibility index (Phi) is 4.19. The molecule has 108 valence electrons. The Bertz CT molecular complexity index is 690. The quantitative estimate of drug-likeness (QED) is 0.941. The molecule has 3 N–H and O–H groups in total. The molecular weight excluding hydrogens is 304 g/mol. The molecule has 0 aliphatic carbocycles. The molecule has 3 rings (SSSR count). The van der Waals surface area contributed by atoms with Crippen LogP contribution in [-0.4, -0.2) is 12.5 Å². The van der Waals surface area contributed by atoms with Crippen molar-refractivity contribution in [1.29, 1.82) is 0 Å². The Balaban J connectivity index is 2.08. The Morgan fingerprint density at radius 2 is 1.90 bits per heavy atom. The second-order valence-corrected chi connectivity index (χ2v) is 6.39. The van der Waals surface area contributed by atoms with E-state index in [1.165, 1.54) is 0 Å². The number of carbonyl (C=O) groups excluding carboxylic acids is 1. The van der Waals surface area contributed by atoms with Gasteiger partial charge in [0.25, 0.3) is 0 Å². The molecule has 0 radical (unpaired) electrons. The number of fused-ring (bicyclic) bond motifs is 2. The van der Waals surface area contributed by atoms with Gasteiger partial charge in [0.1, 0.15) is 0 Å². The molecule has 0 spiro atoms. The number of carbonyl (C=O) groups is 1. The molecule has 0 unspecified atom stereocenters. The van der Waals surface area contributed by atoms with Crippen molar-refractivity contribution in [2.24, 2.45) is 0 Å². The van der Waals surface area contributed by atoms with Crippen LogP contribution < -0.4 is 10.6 Å². The normalized spacial score (nSPS) is 12.8. The van der Waals surface area contributed by atoms with Gasteiger partial charge in [-0.3, -0.25) is 9.69 Å². The van der Waals surface area contributed by atoms with Crippen molar-refractivity contribution in [2.45, 2.75) is 22.6 Å². The van der Waals surface area contributed by atoms with E-state index in [4.69, 9.17) is 11.6 Å². The van der Waals surface area contributed by atoms with Crippen LogP contribution in [0.2, 0.25) is 5.02 Å². The van der Waals surface area contributed by atoms with E-state index in [2.05, 4.69) is 5.73 Å². The minimum atomic E-state index is 0.0925. The second-order valence-electron chi connectivity index (χ2n) is 4.87. The summed E-state index contributed by atoms with van der Waals surface area (Å²) >= 11 is 7.79. The Morgan fingerprint density at radius 1 is 1.14 bits per heavy atom. The first-order valence-electron chi connectivity index (χ1n) is 6.89. The van der Waals surface area contributed by atoms with Crippen LogP contribution in [0.25, 0.3) is 0 Å². The molecule has 0 fully saturated rings. The van der Waals surface area contributed by atoms with Gasteiger partial charge < -0.3 is 5.73 Å². The highest BCUT2D eigenvalue weighted by atomic mass is 35.5. The fourth-order valence-corrected chi connectivity index (χ4v) is 3.59. The smallest absolute Gasteiger partial charge is 0.231 e. The number of quaternary nitrogens is 1. The summed E-state index contributed by atoms with van der Waals surface area (Å²) < 4.78 is 0. The molecule has 0 saturated heterocycles. The molecule has 0 atom stereocenters. The van der Waals surface area contributed by atoms with Gasteiger partial charge >= 0.3 is 0 Å². The number of hydrogen-bond donors (Lipinski definition) is 1. The molecule has 2 aromatic rings. The van der Waals surface area contributed by atoms with E-state index in [9.17, 15) is 4.79 Å². The second kappa shape index (κ2) is 6.10. The predicted molar refractivity (Wildman–Crippen MR) is 86.2 cm³/mol. The zero-order chi connectivity index (χ0) is 14.8. The van der Waals surface area contributed by atoms with Crippen molar-refractivity contribution in [3.05, 3.63) is 47.5 Å². The minimum Gasteiger partial charge on any atom is -0.358 e. The standard InChI is InChI=1S/C16H15ClN2OS/c17-11-7-8-15-13(10-11)19(16(20)6-3-9-18)12-4-1-2-5-14(12)21-15/h1-2,4-5,7-8,10H,3,6,9,18H2/p+1. The average molecular weight is 320 g/mol. The van der Waals surface area contributed by atoms with E-state index < -0.39 is 0 Å². The molecular formula is C16H16ClN2OS+. The summed E-state index contributed by atoms with van der Waals surface area (Å²) in [5.74, 6) is 0.0925. The summed E-state index contributed by atoms with van der Waals surface area (Å²) in [7, 11) is 0. The SMILES string of the molecule is [NH3+]CCCC(=O)N1c2ccccc2Sc2ccc(Cl)cc21. The van der Waals surface area contributed by atoms with E-state index >= 15 is 0 Å². The summed E-state index contributed by atoms with van der Waals surface area (Å²) in [5, 5.41) is 0.642. The third-order valence-electron chi connectivity index (χ3n) is 3.38. The molecule has 0 saturated carbocycles. The topological polar surface area (TPSA) is 48.0 Å². The van der Waals surface area contributed by atoms with Gasteiger partial charge in [-0.15, -0.1) is 0 Å². The van der Waals surface area contributed by atoms with Gasteiger partial charge in [0.15, 0.2) is 0 Å². The summed E-state index contributed by atoms with van der Waals surface area (Å²) in [6, 6.07) is 13.7. The van der Waals surface area contributed by atoms with Crippen molar-refractivity contribution in [3.8, 4) is 0 Å². The van der Waals surface area contributed by atoms with Crippen molar-refractivity contribution in [2.75, 3.05) is 11.4 Å². The predicted octanol–water partition coefficient (Wildman–Crippen LogP) is 3.49. The highest BCUT2D eigenvalue weighted by Crippen LogP contribution is 2.48. The fourth-order valence-electron chi connectivity index (χ4n) is 2.38. The largest absolute Gasteiger partial charge is 0.358 e. The van der Waals surface area contributed by atoms with Crippen LogP contribution in [0, 0.1) is 0 Å². The lowest BCUT2D eigenvalue weighted by Gasteiger charge is -2.31. The average Bonchev–Trinajstić information content (AvgIpc) is 2.50. The number of hydrogen-bond acceptors (Lipinski definition) is 2. The van der Waals surface area contributed by atoms with E-state index in [1.54, 1.807) is 16.7 Å². The number of rotatable bonds is 3. The molecule has 3 nitrogen and oxygen atoms in total. The third kappa shape index (κ3) is 2.79. The summed E-state index contributed by atoms with van der Waals surface area (Å²) in [4.78, 5) is 16.6. The van der Waals surface area contributed by atoms with Gasteiger partial charge in [0, 0.05) is 27.7 Å². The molecule has 21 heavy (non-hydrogen) atoms. The number of nitrogens with zero attached hydrogens (tertiary/aromatic N) is 1. The molecule has 0 aromatic heterocycles. The molecule has 1 heterocycles. The van der Waals surface area contributed by atoms with E-state index in [0.717, 1.165) is 34.1 Å². The first-order chi connectivity index (χ1) is 10.2. The minimum absolute atomic E-state index is 0.0925. The highest BCUT2D eigenvalue weighted by Gasteiger charge is 2.27. The van der Waals surface area contributed by atoms with Crippen molar-refractivity contribution < 1.29 is 10.5 Å². The molecule has 0 bridgehead atoms. The van der Waals surface area contributed by atoms with Crippen LogP contribution in [0.5, 0.6) is 0 Å². The van der Waals surface area contributed by atoms with Gasteiger partial charge in [-0.05, 0) is 30.3 Å². The Hall–Kier alpha value is -1.49. The van der Waals surface area contributed by atoms with Crippen LogP contribution >= 0.6 is 23.4 Å². The third-order valence-corrected chi connectivity index (χ3v) is 4.74. The van der Waals surface area contributed by atoms with Crippen molar-refractivity contribution in [1.82, 2.24) is 0 Å². The summed E-state index contributed by atoms with van der Waals surface area (Å²) in [6.07, 6.45) is 1.29. The van der Waals surface area contributed by atoms with Crippen LogP contribution in [0.15, 0.2) is 52.3 Å². The number of benzene rings is 2. The van der Waals surface area contributed by atoms with Gasteiger partial charge in [0.2, 0.25) is 5.91 Å². The lowest BCUT2D eigenvalue weighted by Crippen LogP contribution is -2.50. The number of anilines is 2. The lowest BCUT2D eigenvalue weighted by molar-refractivity contribution is -0.368. The van der Waals surface area contributed by atoms with Crippen LogP contribution in [0.1, 0.15) is 12.8 Å². The Morgan fingerprint density at radius 3 is 2.71 bits per heavy atom. The van der Waals surface area contributed by atoms with Crippen molar-refractivity contribution in [3.63, 3.8) is 0 Å². The van der Waals surface area contributed by atoms with Gasteiger partial charge in [0.05, 0.1) is 17.9 Å². The number of para-hydroxylation sites is 1. The molecule has 2 aromatic carbocycles. The molecule has 1 amide bonds. The highest BCUT2D eigenvalue weighted by molar-refractivity contribution is 7.99. The zero-order valence-electron chi connectivity index (χ0n) is 11.5. The molecule has 5 heteroatoms. The van der Waals surface area contributed by atoms with Gasteiger partial charge in [-0.2, -0.15) is 0 Å². The lowest BCUT2D eigenvalue weighted by atomic mass is 10.2.